The quantitative estimate of drug-likeness (QED) is 0.676. The van der Waals surface area contributed by atoms with Gasteiger partial charge in [0.05, 0.1) is 14.2 Å². The number of benzene rings is 1. The number of phenolic OH excluding ortho intramolecular Hbond substituents is 1. The Morgan fingerprint density at radius 3 is 2.29 bits per heavy atom. The van der Waals surface area contributed by atoms with Gasteiger partial charge in [-0.1, -0.05) is 6.08 Å². The number of carbonyl (C=O) groups is 1. The third-order valence-corrected chi connectivity index (χ3v) is 2.91. The van der Waals surface area contributed by atoms with Crippen LogP contribution in [0.1, 0.15) is 21.9 Å². The molecular formula is C16H16O5. The molecule has 0 saturated carbocycles. The molecule has 0 aliphatic carbocycles. The summed E-state index contributed by atoms with van der Waals surface area (Å²) in [5.41, 5.74) is 0.665. The minimum Gasteiger partial charge on any atom is -0.502 e. The summed E-state index contributed by atoms with van der Waals surface area (Å²) < 4.78 is 15.4. The molecule has 1 aromatic heterocycles. The zero-order chi connectivity index (χ0) is 15.4. The first-order valence-corrected chi connectivity index (χ1v) is 6.29. The smallest absolute Gasteiger partial charge is 0.221 e. The Balaban J connectivity index is 2.26. The van der Waals surface area contributed by atoms with Crippen LogP contribution in [0, 0.1) is 6.92 Å². The molecular weight excluding hydrogens is 272 g/mol. The normalized spacial score (nSPS) is 10.8. The fourth-order valence-corrected chi connectivity index (χ4v) is 1.83. The molecule has 0 saturated heterocycles. The maximum absolute atomic E-state index is 11.9. The van der Waals surface area contributed by atoms with E-state index in [1.54, 1.807) is 37.3 Å². The predicted octanol–water partition coefficient (Wildman–Crippen LogP) is 3.21. The molecule has 0 radical (unpaired) electrons. The van der Waals surface area contributed by atoms with Gasteiger partial charge in [0.1, 0.15) is 5.76 Å². The third kappa shape index (κ3) is 3.25. The molecule has 5 heteroatoms. The van der Waals surface area contributed by atoms with Gasteiger partial charge in [-0.3, -0.25) is 4.79 Å². The number of carbonyl (C=O) groups excluding carboxylic acids is 1. The van der Waals surface area contributed by atoms with Crippen LogP contribution in [-0.4, -0.2) is 25.1 Å². The fourth-order valence-electron chi connectivity index (χ4n) is 1.83. The largest absolute Gasteiger partial charge is 0.502 e. The van der Waals surface area contributed by atoms with E-state index in [1.807, 2.05) is 0 Å². The molecule has 0 unspecified atom stereocenters. The SMILES string of the molecule is COc1cc(/C=C/C(=O)c2ccc(C)o2)cc(OC)c1O. The van der Waals surface area contributed by atoms with Gasteiger partial charge in [0.2, 0.25) is 11.5 Å². The van der Waals surface area contributed by atoms with Crippen LogP contribution in [-0.2, 0) is 0 Å². The van der Waals surface area contributed by atoms with E-state index in [4.69, 9.17) is 13.9 Å². The monoisotopic (exact) mass is 288 g/mol. The van der Waals surface area contributed by atoms with Gasteiger partial charge in [-0.2, -0.15) is 0 Å². The highest BCUT2D eigenvalue weighted by Gasteiger charge is 2.11. The summed E-state index contributed by atoms with van der Waals surface area (Å²) in [7, 11) is 2.89. The van der Waals surface area contributed by atoms with Crippen molar-refractivity contribution in [2.75, 3.05) is 14.2 Å². The zero-order valence-corrected chi connectivity index (χ0v) is 12.0. The highest BCUT2D eigenvalue weighted by atomic mass is 16.5. The van der Waals surface area contributed by atoms with Crippen LogP contribution in [0.5, 0.6) is 17.2 Å². The highest BCUT2D eigenvalue weighted by Crippen LogP contribution is 2.37. The second-order valence-electron chi connectivity index (χ2n) is 4.38. The summed E-state index contributed by atoms with van der Waals surface area (Å²) in [5.74, 6) is 1.19. The predicted molar refractivity (Wildman–Crippen MR) is 78.0 cm³/mol. The fraction of sp³-hybridized carbons (Fsp3) is 0.188. The van der Waals surface area contributed by atoms with Crippen molar-refractivity contribution in [3.05, 3.63) is 47.4 Å². The van der Waals surface area contributed by atoms with Gasteiger partial charge < -0.3 is 19.0 Å². The minimum absolute atomic E-state index is 0.0786. The van der Waals surface area contributed by atoms with Crippen molar-refractivity contribution in [3.8, 4) is 17.2 Å². The maximum Gasteiger partial charge on any atom is 0.221 e. The molecule has 2 rings (SSSR count). The Hall–Kier alpha value is -2.69. The lowest BCUT2D eigenvalue weighted by Crippen LogP contribution is -1.92. The van der Waals surface area contributed by atoms with Gasteiger partial charge >= 0.3 is 0 Å². The van der Waals surface area contributed by atoms with Crippen molar-refractivity contribution in [3.63, 3.8) is 0 Å². The first-order valence-electron chi connectivity index (χ1n) is 6.29. The van der Waals surface area contributed by atoms with Gasteiger partial charge in [-0.25, -0.2) is 0 Å². The van der Waals surface area contributed by atoms with Gasteiger partial charge in [-0.15, -0.1) is 0 Å². The van der Waals surface area contributed by atoms with Crippen molar-refractivity contribution < 1.29 is 23.8 Å². The van der Waals surface area contributed by atoms with Crippen LogP contribution >= 0.6 is 0 Å². The summed E-state index contributed by atoms with van der Waals surface area (Å²) in [6.45, 7) is 1.77. The molecule has 1 aromatic carbocycles. The zero-order valence-electron chi connectivity index (χ0n) is 12.0. The lowest BCUT2D eigenvalue weighted by molar-refractivity contribution is 0.102. The van der Waals surface area contributed by atoms with Crippen molar-refractivity contribution in [1.82, 2.24) is 0 Å². The summed E-state index contributed by atoms with van der Waals surface area (Å²) in [6.07, 6.45) is 2.99. The van der Waals surface area contributed by atoms with E-state index in [0.29, 0.717) is 11.3 Å². The minimum atomic E-state index is -0.242. The third-order valence-electron chi connectivity index (χ3n) is 2.91. The van der Waals surface area contributed by atoms with E-state index in [-0.39, 0.29) is 28.8 Å². The van der Waals surface area contributed by atoms with Crippen molar-refractivity contribution in [2.24, 2.45) is 0 Å². The molecule has 1 N–H and O–H groups in total. The van der Waals surface area contributed by atoms with E-state index >= 15 is 0 Å². The number of furan rings is 1. The Morgan fingerprint density at radius 1 is 1.19 bits per heavy atom. The van der Waals surface area contributed by atoms with E-state index in [1.165, 1.54) is 20.3 Å². The summed E-state index contributed by atoms with van der Waals surface area (Å²) in [5, 5.41) is 9.82. The van der Waals surface area contributed by atoms with Crippen LogP contribution in [0.15, 0.2) is 34.8 Å². The first kappa shape index (κ1) is 14.7. The second kappa shape index (κ2) is 6.17. The molecule has 1 heterocycles. The Labute approximate surface area is 122 Å². The first-order chi connectivity index (χ1) is 10.0. The standard InChI is InChI=1S/C16H16O5/c1-10-4-7-13(21-10)12(17)6-5-11-8-14(19-2)16(18)15(9-11)20-3/h4-9,18H,1-3H3/b6-5+. The average Bonchev–Trinajstić information content (AvgIpc) is 2.92. The topological polar surface area (TPSA) is 68.9 Å². The van der Waals surface area contributed by atoms with Gasteiger partial charge in [0, 0.05) is 0 Å². The van der Waals surface area contributed by atoms with Crippen LogP contribution < -0.4 is 9.47 Å². The van der Waals surface area contributed by atoms with Crippen molar-refractivity contribution >= 4 is 11.9 Å². The number of allylic oxidation sites excluding steroid dienone is 1. The van der Waals surface area contributed by atoms with Crippen LogP contribution in [0.4, 0.5) is 0 Å². The number of aromatic hydroxyl groups is 1. The second-order valence-corrected chi connectivity index (χ2v) is 4.38. The molecule has 0 bridgehead atoms. The lowest BCUT2D eigenvalue weighted by Gasteiger charge is -2.09. The molecule has 0 fully saturated rings. The molecule has 5 nitrogen and oxygen atoms in total. The summed E-state index contributed by atoms with van der Waals surface area (Å²) in [4.78, 5) is 11.9. The highest BCUT2D eigenvalue weighted by molar-refractivity contribution is 6.04. The maximum atomic E-state index is 11.9. The van der Waals surface area contributed by atoms with E-state index in [2.05, 4.69) is 0 Å². The molecule has 110 valence electrons. The Kier molecular flexibility index (Phi) is 4.33. The van der Waals surface area contributed by atoms with Crippen molar-refractivity contribution in [2.45, 2.75) is 6.92 Å². The average molecular weight is 288 g/mol. The van der Waals surface area contributed by atoms with Gasteiger partial charge in [0.15, 0.2) is 17.3 Å². The Morgan fingerprint density at radius 2 is 1.81 bits per heavy atom. The lowest BCUT2D eigenvalue weighted by atomic mass is 10.1. The van der Waals surface area contributed by atoms with Crippen LogP contribution in [0.25, 0.3) is 6.08 Å². The summed E-state index contributed by atoms with van der Waals surface area (Å²) in [6, 6.07) is 6.57. The number of hydrogen-bond donors (Lipinski definition) is 1. The van der Waals surface area contributed by atoms with E-state index in [9.17, 15) is 9.90 Å². The number of aryl methyl sites for hydroxylation is 1. The molecule has 0 aliphatic rings. The number of methoxy groups -OCH3 is 2. The molecule has 0 atom stereocenters. The Bertz CT molecular complexity index is 657. The molecule has 0 amide bonds. The van der Waals surface area contributed by atoms with Crippen molar-refractivity contribution in [1.29, 1.82) is 0 Å². The number of hydrogen-bond acceptors (Lipinski definition) is 5. The number of phenols is 1. The molecule has 2 aromatic rings. The summed E-state index contributed by atoms with van der Waals surface area (Å²) >= 11 is 0. The number of ketones is 1. The van der Waals surface area contributed by atoms with Crippen LogP contribution in [0.2, 0.25) is 0 Å². The van der Waals surface area contributed by atoms with Gasteiger partial charge in [-0.05, 0) is 42.8 Å². The van der Waals surface area contributed by atoms with Crippen LogP contribution in [0.3, 0.4) is 0 Å². The number of ether oxygens (including phenoxy) is 2. The number of rotatable bonds is 5. The molecule has 0 spiro atoms. The van der Waals surface area contributed by atoms with E-state index in [0.717, 1.165) is 0 Å². The van der Waals surface area contributed by atoms with E-state index < -0.39 is 0 Å². The molecule has 0 aliphatic heterocycles. The molecule has 21 heavy (non-hydrogen) atoms. The van der Waals surface area contributed by atoms with Gasteiger partial charge in [0.25, 0.3) is 0 Å².